The van der Waals surface area contributed by atoms with Gasteiger partial charge in [0.15, 0.2) is 17.9 Å². The van der Waals surface area contributed by atoms with E-state index < -0.39 is 0 Å². The zero-order valence-electron chi connectivity index (χ0n) is 8.98. The normalized spacial score (nSPS) is 10.3. The van der Waals surface area contributed by atoms with Crippen LogP contribution < -0.4 is 4.90 Å². The van der Waals surface area contributed by atoms with Gasteiger partial charge in [-0.05, 0) is 25.3 Å². The molecule has 0 amide bonds. The molecule has 0 saturated carbocycles. The van der Waals surface area contributed by atoms with Crippen LogP contribution >= 0.6 is 0 Å². The lowest BCUT2D eigenvalue weighted by molar-refractivity contribution is 0.110. The third-order valence-corrected chi connectivity index (χ3v) is 2.26. The molecule has 1 aromatic heterocycles. The average Bonchev–Trinajstić information content (AvgIpc) is 2.72. The van der Waals surface area contributed by atoms with Crippen LogP contribution in [0.15, 0.2) is 16.5 Å². The molecule has 0 unspecified atom stereocenters. The van der Waals surface area contributed by atoms with E-state index in [-0.39, 0.29) is 6.61 Å². The standard InChI is InChI=1S/C11H17NO3/c1-12(7-3-2-4-8-13)11-6-5-10(9-14)15-11/h5-6,9,13H,2-4,7-8H2,1H3. The van der Waals surface area contributed by atoms with Gasteiger partial charge in [0.2, 0.25) is 0 Å². The molecule has 0 aliphatic heterocycles. The summed E-state index contributed by atoms with van der Waals surface area (Å²) in [6.45, 7) is 1.12. The van der Waals surface area contributed by atoms with Gasteiger partial charge in [-0.2, -0.15) is 0 Å². The van der Waals surface area contributed by atoms with Crippen LogP contribution in [0.3, 0.4) is 0 Å². The Bertz CT molecular complexity index is 296. The van der Waals surface area contributed by atoms with Crippen LogP contribution in [-0.4, -0.2) is 31.6 Å². The molecule has 1 N–H and O–H groups in total. The van der Waals surface area contributed by atoms with E-state index in [0.29, 0.717) is 17.9 Å². The highest BCUT2D eigenvalue weighted by atomic mass is 16.4. The summed E-state index contributed by atoms with van der Waals surface area (Å²) in [5.74, 6) is 1.06. The van der Waals surface area contributed by atoms with E-state index in [4.69, 9.17) is 9.52 Å². The zero-order chi connectivity index (χ0) is 11.1. The van der Waals surface area contributed by atoms with Crippen molar-refractivity contribution in [3.05, 3.63) is 17.9 Å². The number of aldehydes is 1. The van der Waals surface area contributed by atoms with Crippen LogP contribution in [0.25, 0.3) is 0 Å². The first kappa shape index (κ1) is 11.8. The molecule has 1 aromatic rings. The molecule has 0 spiro atoms. The number of hydrogen-bond donors (Lipinski definition) is 1. The molecule has 0 radical (unpaired) electrons. The van der Waals surface area contributed by atoms with Crippen molar-refractivity contribution in [2.45, 2.75) is 19.3 Å². The molecule has 1 heterocycles. The summed E-state index contributed by atoms with van der Waals surface area (Å²) in [4.78, 5) is 12.4. The Morgan fingerprint density at radius 3 is 2.80 bits per heavy atom. The highest BCUT2D eigenvalue weighted by molar-refractivity contribution is 5.71. The minimum Gasteiger partial charge on any atom is -0.438 e. The van der Waals surface area contributed by atoms with E-state index in [1.165, 1.54) is 0 Å². The van der Waals surface area contributed by atoms with Gasteiger partial charge in [-0.25, -0.2) is 0 Å². The number of carbonyl (C=O) groups is 1. The van der Waals surface area contributed by atoms with Crippen LogP contribution in [0.1, 0.15) is 29.8 Å². The maximum Gasteiger partial charge on any atom is 0.196 e. The van der Waals surface area contributed by atoms with Crippen LogP contribution in [0.4, 0.5) is 5.88 Å². The molecule has 0 aliphatic rings. The van der Waals surface area contributed by atoms with E-state index >= 15 is 0 Å². The van der Waals surface area contributed by atoms with Crippen LogP contribution in [0.2, 0.25) is 0 Å². The number of aliphatic hydroxyl groups is 1. The first-order valence-corrected chi connectivity index (χ1v) is 5.15. The summed E-state index contributed by atoms with van der Waals surface area (Å²) in [7, 11) is 1.92. The second-order valence-corrected chi connectivity index (χ2v) is 3.50. The lowest BCUT2D eigenvalue weighted by Crippen LogP contribution is -2.17. The summed E-state index contributed by atoms with van der Waals surface area (Å²) in [6.07, 6.45) is 3.55. The number of carbonyl (C=O) groups excluding carboxylic acids is 1. The molecule has 0 bridgehead atoms. The summed E-state index contributed by atoms with van der Waals surface area (Å²) < 4.78 is 5.26. The molecule has 84 valence electrons. The molecule has 0 atom stereocenters. The molecule has 0 saturated heterocycles. The highest BCUT2D eigenvalue weighted by Gasteiger charge is 2.05. The number of nitrogens with zero attached hydrogens (tertiary/aromatic N) is 1. The van der Waals surface area contributed by atoms with Crippen molar-refractivity contribution in [1.29, 1.82) is 0 Å². The minimum absolute atomic E-state index is 0.250. The molecule has 1 rings (SSSR count). The summed E-state index contributed by atoms with van der Waals surface area (Å²) >= 11 is 0. The van der Waals surface area contributed by atoms with Crippen molar-refractivity contribution in [2.75, 3.05) is 25.1 Å². The number of aliphatic hydroxyl groups excluding tert-OH is 1. The van der Waals surface area contributed by atoms with Gasteiger partial charge in [-0.1, -0.05) is 0 Å². The Labute approximate surface area is 89.5 Å². The van der Waals surface area contributed by atoms with Gasteiger partial charge in [0.25, 0.3) is 0 Å². The van der Waals surface area contributed by atoms with Crippen LogP contribution in [0, 0.1) is 0 Å². The van der Waals surface area contributed by atoms with Crippen molar-refractivity contribution >= 4 is 12.2 Å². The van der Waals surface area contributed by atoms with Gasteiger partial charge in [-0.15, -0.1) is 0 Å². The molecule has 4 nitrogen and oxygen atoms in total. The second-order valence-electron chi connectivity index (χ2n) is 3.50. The molecule has 0 aromatic carbocycles. The van der Waals surface area contributed by atoms with Crippen LogP contribution in [-0.2, 0) is 0 Å². The van der Waals surface area contributed by atoms with Crippen LogP contribution in [0.5, 0.6) is 0 Å². The number of unbranched alkanes of at least 4 members (excludes halogenated alkanes) is 2. The van der Waals surface area contributed by atoms with E-state index in [1.54, 1.807) is 12.1 Å². The fourth-order valence-electron chi connectivity index (χ4n) is 1.36. The monoisotopic (exact) mass is 211 g/mol. The van der Waals surface area contributed by atoms with Gasteiger partial charge in [0.1, 0.15) is 0 Å². The summed E-state index contributed by atoms with van der Waals surface area (Å²) in [6, 6.07) is 3.45. The predicted octanol–water partition coefficient (Wildman–Crippen LogP) is 1.69. The molecular formula is C11H17NO3. The van der Waals surface area contributed by atoms with Gasteiger partial charge >= 0.3 is 0 Å². The molecular weight excluding hydrogens is 194 g/mol. The Hall–Kier alpha value is -1.29. The Kier molecular flexibility index (Phi) is 4.90. The van der Waals surface area contributed by atoms with Crippen molar-refractivity contribution in [3.63, 3.8) is 0 Å². The Morgan fingerprint density at radius 2 is 2.20 bits per heavy atom. The molecule has 15 heavy (non-hydrogen) atoms. The van der Waals surface area contributed by atoms with Gasteiger partial charge in [0.05, 0.1) is 0 Å². The van der Waals surface area contributed by atoms with E-state index in [2.05, 4.69) is 0 Å². The molecule has 0 aliphatic carbocycles. The smallest absolute Gasteiger partial charge is 0.196 e. The summed E-state index contributed by atoms with van der Waals surface area (Å²) in [5, 5.41) is 8.61. The minimum atomic E-state index is 0.250. The largest absolute Gasteiger partial charge is 0.438 e. The topological polar surface area (TPSA) is 53.7 Å². The Balaban J connectivity index is 2.32. The fourth-order valence-corrected chi connectivity index (χ4v) is 1.36. The van der Waals surface area contributed by atoms with E-state index in [1.807, 2.05) is 11.9 Å². The second kappa shape index (κ2) is 6.24. The fraction of sp³-hybridized carbons (Fsp3) is 0.545. The first-order chi connectivity index (χ1) is 7.27. The van der Waals surface area contributed by atoms with Gasteiger partial charge < -0.3 is 14.4 Å². The number of anilines is 1. The van der Waals surface area contributed by atoms with Crippen molar-refractivity contribution in [1.82, 2.24) is 0 Å². The van der Waals surface area contributed by atoms with E-state index in [0.717, 1.165) is 25.8 Å². The van der Waals surface area contributed by atoms with Crippen molar-refractivity contribution < 1.29 is 14.3 Å². The Morgan fingerprint density at radius 1 is 1.40 bits per heavy atom. The third-order valence-electron chi connectivity index (χ3n) is 2.26. The number of hydrogen-bond acceptors (Lipinski definition) is 4. The lowest BCUT2D eigenvalue weighted by atomic mass is 10.2. The number of rotatable bonds is 7. The lowest BCUT2D eigenvalue weighted by Gasteiger charge is -2.15. The number of furan rings is 1. The maximum absolute atomic E-state index is 10.4. The van der Waals surface area contributed by atoms with Crippen molar-refractivity contribution in [2.24, 2.45) is 0 Å². The predicted molar refractivity (Wildman–Crippen MR) is 58.3 cm³/mol. The first-order valence-electron chi connectivity index (χ1n) is 5.15. The van der Waals surface area contributed by atoms with Crippen molar-refractivity contribution in [3.8, 4) is 0 Å². The molecule has 0 fully saturated rings. The third kappa shape index (κ3) is 3.75. The quantitative estimate of drug-likeness (QED) is 0.551. The highest BCUT2D eigenvalue weighted by Crippen LogP contribution is 2.16. The average molecular weight is 211 g/mol. The zero-order valence-corrected chi connectivity index (χ0v) is 8.98. The molecule has 4 heteroatoms. The SMILES string of the molecule is CN(CCCCCO)c1ccc(C=O)o1. The maximum atomic E-state index is 10.4. The van der Waals surface area contributed by atoms with Gasteiger partial charge in [-0.3, -0.25) is 4.79 Å². The van der Waals surface area contributed by atoms with Gasteiger partial charge in [0, 0.05) is 26.3 Å². The van der Waals surface area contributed by atoms with E-state index in [9.17, 15) is 4.79 Å². The summed E-state index contributed by atoms with van der Waals surface area (Å²) in [5.41, 5.74) is 0.